The summed E-state index contributed by atoms with van der Waals surface area (Å²) in [6, 6.07) is 22.0. The quantitative estimate of drug-likeness (QED) is 0.0434. The first-order valence-corrected chi connectivity index (χ1v) is 17.0. The molecule has 0 aliphatic heterocycles. The summed E-state index contributed by atoms with van der Waals surface area (Å²) >= 11 is 0. The number of H-pyrrole nitrogens is 1. The zero-order valence-corrected chi connectivity index (χ0v) is 27.0. The summed E-state index contributed by atoms with van der Waals surface area (Å²) in [5, 5.41) is 22.3. The molecular weight excluding hydrogens is 576 g/mol. The van der Waals surface area contributed by atoms with Gasteiger partial charge in [-0.1, -0.05) is 88.3 Å². The maximum atomic E-state index is 12.2. The van der Waals surface area contributed by atoms with Crippen LogP contribution < -0.4 is 31.5 Å². The first-order valence-electron chi connectivity index (χ1n) is 17.0. The number of benzene rings is 3. The maximum Gasteiger partial charge on any atom is 0.253 e. The van der Waals surface area contributed by atoms with Gasteiger partial charge in [0.2, 0.25) is 0 Å². The van der Waals surface area contributed by atoms with Crippen LogP contribution in [0.2, 0.25) is 0 Å². The van der Waals surface area contributed by atoms with Crippen molar-refractivity contribution in [2.45, 2.75) is 77.2 Å². The van der Waals surface area contributed by atoms with Crippen molar-refractivity contribution in [2.24, 2.45) is 0 Å². The second-order valence-electron chi connectivity index (χ2n) is 12.3. The van der Waals surface area contributed by atoms with Gasteiger partial charge in [-0.15, -0.1) is 0 Å². The Kier molecular flexibility index (Phi) is 12.3. The van der Waals surface area contributed by atoms with Crippen LogP contribution in [0, 0.1) is 0 Å². The van der Waals surface area contributed by atoms with Crippen molar-refractivity contribution < 1.29 is 9.84 Å². The van der Waals surface area contributed by atoms with E-state index in [0.29, 0.717) is 24.5 Å². The number of para-hydroxylation sites is 1. The number of aryl methyl sites for hydroxylation is 1. The van der Waals surface area contributed by atoms with Crippen molar-refractivity contribution in [3.05, 3.63) is 92.7 Å². The molecule has 8 nitrogen and oxygen atoms in total. The number of unbranched alkanes of at least 4 members (excludes halogenated alkanes) is 7. The molecule has 0 unspecified atom stereocenters. The number of rotatable bonds is 21. The first kappa shape index (κ1) is 33.2. The molecule has 0 amide bonds. The van der Waals surface area contributed by atoms with Gasteiger partial charge in [0.15, 0.2) is 0 Å². The van der Waals surface area contributed by atoms with Gasteiger partial charge in [0.25, 0.3) is 10.9 Å². The van der Waals surface area contributed by atoms with Crippen molar-refractivity contribution in [1.29, 1.82) is 0 Å². The summed E-state index contributed by atoms with van der Waals surface area (Å²) in [5.41, 5.74) is 3.93. The molecule has 244 valence electrons. The van der Waals surface area contributed by atoms with Crippen LogP contribution in [0.3, 0.4) is 0 Å². The number of aromatic amines is 1. The van der Waals surface area contributed by atoms with Crippen molar-refractivity contribution in [1.82, 2.24) is 10.3 Å². The summed E-state index contributed by atoms with van der Waals surface area (Å²) in [5.74, 6) is 0.766. The number of fused-ring (bicyclic) bond motifs is 3. The Hall–Kier alpha value is -4.14. The van der Waals surface area contributed by atoms with Crippen LogP contribution in [-0.4, -0.2) is 42.4 Å². The van der Waals surface area contributed by atoms with E-state index >= 15 is 0 Å². The molecule has 0 saturated heterocycles. The highest BCUT2D eigenvalue weighted by Gasteiger charge is 2.20. The highest BCUT2D eigenvalue weighted by atomic mass is 16.5. The Balaban J connectivity index is 0.975. The molecule has 5 rings (SSSR count). The smallest absolute Gasteiger partial charge is 0.253 e. The van der Waals surface area contributed by atoms with Crippen LogP contribution in [-0.2, 0) is 6.42 Å². The van der Waals surface area contributed by atoms with Gasteiger partial charge in [0.05, 0.1) is 5.52 Å². The summed E-state index contributed by atoms with van der Waals surface area (Å²) in [7, 11) is 0. The molecule has 0 spiro atoms. The fraction of sp³-hybridized carbons (Fsp3) is 0.421. The number of aliphatic hydroxyl groups is 1. The molecule has 8 heteroatoms. The summed E-state index contributed by atoms with van der Waals surface area (Å²) in [4.78, 5) is 27.8. The number of hydrogen-bond acceptors (Lipinski definition) is 7. The number of anilines is 3. The predicted molar refractivity (Wildman–Crippen MR) is 191 cm³/mol. The second kappa shape index (κ2) is 17.0. The summed E-state index contributed by atoms with van der Waals surface area (Å²) < 4.78 is 6.03. The van der Waals surface area contributed by atoms with Crippen molar-refractivity contribution in [2.75, 3.05) is 36.9 Å². The molecule has 0 aliphatic carbocycles. The minimum atomic E-state index is -0.624. The minimum absolute atomic E-state index is 0.209. The lowest BCUT2D eigenvalue weighted by atomic mass is 10.1. The Morgan fingerprint density at radius 1 is 0.761 bits per heavy atom. The molecular formula is C38H48N4O4. The molecule has 46 heavy (non-hydrogen) atoms. The zero-order valence-electron chi connectivity index (χ0n) is 27.0. The van der Waals surface area contributed by atoms with Crippen molar-refractivity contribution in [3.8, 4) is 5.75 Å². The van der Waals surface area contributed by atoms with Crippen LogP contribution >= 0.6 is 0 Å². The fourth-order valence-electron chi connectivity index (χ4n) is 5.97. The average molecular weight is 625 g/mol. The normalized spacial score (nSPS) is 12.2. The fourth-order valence-corrected chi connectivity index (χ4v) is 5.97. The Morgan fingerprint density at radius 3 is 2.28 bits per heavy atom. The highest BCUT2D eigenvalue weighted by Crippen LogP contribution is 2.33. The summed E-state index contributed by atoms with van der Waals surface area (Å²) in [6.07, 6.45) is 11.0. The van der Waals surface area contributed by atoms with E-state index < -0.39 is 17.0 Å². The third-order valence-corrected chi connectivity index (χ3v) is 8.59. The third-order valence-electron chi connectivity index (χ3n) is 8.59. The van der Waals surface area contributed by atoms with E-state index in [1.165, 1.54) is 44.1 Å². The Bertz CT molecular complexity index is 1740. The van der Waals surface area contributed by atoms with Crippen molar-refractivity contribution >= 4 is 38.9 Å². The average Bonchev–Trinajstić information content (AvgIpc) is 3.47. The van der Waals surface area contributed by atoms with E-state index in [2.05, 4.69) is 33.9 Å². The lowest BCUT2D eigenvalue weighted by Gasteiger charge is -2.15. The molecule has 1 heterocycles. The largest absolute Gasteiger partial charge is 0.490 e. The lowest BCUT2D eigenvalue weighted by molar-refractivity contribution is 0.107. The SMILES string of the molecule is CCCCCCCCCCNc1c(Nc2ccc(CCCNC[C@H](O)COc3cccc4[nH]c5ccccc5c34)cc2)c(=O)c1=O. The van der Waals surface area contributed by atoms with Gasteiger partial charge >= 0.3 is 0 Å². The lowest BCUT2D eigenvalue weighted by Crippen LogP contribution is -2.36. The van der Waals surface area contributed by atoms with Crippen LogP contribution in [0.4, 0.5) is 17.1 Å². The molecule has 4 aromatic carbocycles. The molecule has 5 N–H and O–H groups in total. The standard InChI is InChI=1S/C38H48N4O4/c1-2-3-4-5-6-7-8-11-24-40-35-36(38(45)37(35)44)41-28-21-19-27(20-22-28)14-13-23-39-25-29(43)26-46-33-18-12-17-32-34(33)30-15-9-10-16-31(30)42-32/h9-10,12,15-22,29,39-43H,2-8,11,13-14,23-26H2,1H3/t29-/m0/s1. The minimum Gasteiger partial charge on any atom is -0.490 e. The molecule has 0 bridgehead atoms. The topological polar surface area (TPSA) is 115 Å². The first-order chi connectivity index (χ1) is 22.5. The second-order valence-corrected chi connectivity index (χ2v) is 12.3. The van der Waals surface area contributed by atoms with Gasteiger partial charge in [-0.25, -0.2) is 0 Å². The summed E-state index contributed by atoms with van der Waals surface area (Å²) in [6.45, 7) is 4.36. The van der Waals surface area contributed by atoms with Crippen LogP contribution in [0.25, 0.3) is 21.8 Å². The number of ether oxygens (including phenoxy) is 1. The number of aromatic nitrogens is 1. The molecule has 5 aromatic rings. The zero-order chi connectivity index (χ0) is 32.1. The van der Waals surface area contributed by atoms with Gasteiger partial charge in [-0.3, -0.25) is 9.59 Å². The van der Waals surface area contributed by atoms with E-state index in [1.54, 1.807) is 0 Å². The maximum absolute atomic E-state index is 12.2. The van der Waals surface area contributed by atoms with Gasteiger partial charge in [-0.05, 0) is 61.7 Å². The van der Waals surface area contributed by atoms with Crippen LogP contribution in [0.1, 0.15) is 70.3 Å². The molecule has 0 fully saturated rings. The third kappa shape index (κ3) is 8.77. The number of nitrogens with one attached hydrogen (secondary N) is 4. The van der Waals surface area contributed by atoms with E-state index in [-0.39, 0.29) is 6.61 Å². The molecule has 0 radical (unpaired) electrons. The molecule has 1 aromatic heterocycles. The highest BCUT2D eigenvalue weighted by molar-refractivity contribution is 6.10. The van der Waals surface area contributed by atoms with Gasteiger partial charge in [0, 0.05) is 35.1 Å². The van der Waals surface area contributed by atoms with Gasteiger partial charge < -0.3 is 30.8 Å². The van der Waals surface area contributed by atoms with Crippen molar-refractivity contribution in [3.63, 3.8) is 0 Å². The number of aliphatic hydroxyl groups excluding tert-OH is 1. The van der Waals surface area contributed by atoms with Gasteiger partial charge in [0.1, 0.15) is 29.8 Å². The molecule has 1 atom stereocenters. The number of hydrogen-bond donors (Lipinski definition) is 5. The van der Waals surface area contributed by atoms with Crippen LogP contribution in [0.5, 0.6) is 5.75 Å². The van der Waals surface area contributed by atoms with E-state index in [9.17, 15) is 14.7 Å². The predicted octanol–water partition coefficient (Wildman–Crippen LogP) is 7.18. The molecule has 0 aliphatic rings. The van der Waals surface area contributed by atoms with Gasteiger partial charge in [-0.2, -0.15) is 0 Å². The Labute approximate surface area is 271 Å². The van der Waals surface area contributed by atoms with E-state index in [4.69, 9.17) is 4.74 Å². The Morgan fingerprint density at radius 2 is 1.48 bits per heavy atom. The van der Waals surface area contributed by atoms with E-state index in [1.807, 2.05) is 60.7 Å². The monoisotopic (exact) mass is 624 g/mol. The molecule has 0 saturated carbocycles. The van der Waals surface area contributed by atoms with E-state index in [0.717, 1.165) is 65.5 Å². The van der Waals surface area contributed by atoms with Crippen LogP contribution in [0.15, 0.2) is 76.3 Å².